The molecule has 0 spiro atoms. The van der Waals surface area contributed by atoms with E-state index in [1.54, 1.807) is 4.90 Å². The van der Waals surface area contributed by atoms with Gasteiger partial charge in [-0.1, -0.05) is 36.9 Å². The summed E-state index contributed by atoms with van der Waals surface area (Å²) in [7, 11) is 4.30. The molecule has 0 bridgehead atoms. The van der Waals surface area contributed by atoms with Gasteiger partial charge in [0.1, 0.15) is 11.9 Å². The summed E-state index contributed by atoms with van der Waals surface area (Å²) in [4.78, 5) is 35.1. The lowest BCUT2D eigenvalue weighted by molar-refractivity contribution is -0.128. The van der Waals surface area contributed by atoms with Crippen molar-refractivity contribution < 1.29 is 9.53 Å². The molecule has 1 aromatic heterocycles. The quantitative estimate of drug-likeness (QED) is 0.276. The zero-order valence-corrected chi connectivity index (χ0v) is 26.2. The van der Waals surface area contributed by atoms with Gasteiger partial charge in [0.2, 0.25) is 12.5 Å². The molecule has 0 N–H and O–H groups in total. The second-order valence-electron chi connectivity index (χ2n) is 12.7. The first-order valence-electron chi connectivity index (χ1n) is 15.8. The highest BCUT2D eigenvalue weighted by Crippen LogP contribution is 2.36. The summed E-state index contributed by atoms with van der Waals surface area (Å²) in [5.41, 5.74) is 4.62. The van der Waals surface area contributed by atoms with Crippen LogP contribution in [0.3, 0.4) is 0 Å². The predicted octanol–water partition coefficient (Wildman–Crippen LogP) is 4.73. The molecule has 6 rings (SSSR count). The Balaban J connectivity index is 1.32. The second-order valence-corrected chi connectivity index (χ2v) is 12.7. The first-order valence-corrected chi connectivity index (χ1v) is 15.8. The Bertz CT molecular complexity index is 1580. The van der Waals surface area contributed by atoms with Crippen LogP contribution in [-0.2, 0) is 17.8 Å². The fourth-order valence-corrected chi connectivity index (χ4v) is 7.27. The number of amides is 1. The lowest BCUT2D eigenvalue weighted by Crippen LogP contribution is -2.56. The van der Waals surface area contributed by atoms with E-state index < -0.39 is 0 Å². The van der Waals surface area contributed by atoms with Crippen molar-refractivity contribution in [1.29, 1.82) is 0 Å². The third-order valence-electron chi connectivity index (χ3n) is 9.69. The minimum atomic E-state index is -0.220. The molecule has 1 amide bonds. The van der Waals surface area contributed by atoms with E-state index >= 15 is 0 Å². The van der Waals surface area contributed by atoms with Gasteiger partial charge in [-0.15, -0.1) is 0 Å². The van der Waals surface area contributed by atoms with Crippen molar-refractivity contribution in [2.45, 2.75) is 51.2 Å². The minimum Gasteiger partial charge on any atom is -0.463 e. The lowest BCUT2D eigenvalue weighted by atomic mass is 9.99. The standard InChI is InChI=1S/C35H43N7O2/c1-6-32(43)42-18-17-41(21-28(42)20-36-3)34-29-15-16-40(31-12-8-11-26-10-7-9-24(2)33(26)31)22-30(29)37-35(38-34)44-23-25-13-14-27(19-25)39(4)5/h6-12,25,27-28H,1,13-23H2,2,4-5H3/t25-,27?,28-/m0/s1. The number of carbonyl (C=O) groups is 1. The van der Waals surface area contributed by atoms with Crippen LogP contribution in [-0.4, -0.2) is 91.2 Å². The van der Waals surface area contributed by atoms with Crippen molar-refractivity contribution in [2.75, 3.05) is 63.2 Å². The number of benzene rings is 2. The Kier molecular flexibility index (Phi) is 8.72. The number of fused-ring (bicyclic) bond motifs is 2. The summed E-state index contributed by atoms with van der Waals surface area (Å²) < 4.78 is 6.38. The van der Waals surface area contributed by atoms with E-state index in [0.29, 0.717) is 50.8 Å². The number of ether oxygens (including phenoxy) is 1. The normalized spacial score (nSPS) is 21.8. The summed E-state index contributed by atoms with van der Waals surface area (Å²) >= 11 is 0. The molecule has 1 saturated heterocycles. The Hall–Kier alpha value is -4.16. The molecule has 2 aliphatic heterocycles. The van der Waals surface area contributed by atoms with Gasteiger partial charge >= 0.3 is 6.01 Å². The number of nitrogens with zero attached hydrogens (tertiary/aromatic N) is 7. The number of hydrogen-bond donors (Lipinski definition) is 0. The average molecular weight is 594 g/mol. The van der Waals surface area contributed by atoms with Crippen LogP contribution in [0, 0.1) is 19.4 Å². The third kappa shape index (κ3) is 5.96. The topological polar surface area (TPSA) is 69.4 Å². The molecule has 44 heavy (non-hydrogen) atoms. The Labute approximate surface area is 260 Å². The van der Waals surface area contributed by atoms with E-state index in [9.17, 15) is 4.79 Å². The van der Waals surface area contributed by atoms with E-state index in [1.165, 1.54) is 34.5 Å². The van der Waals surface area contributed by atoms with Crippen LogP contribution in [0.2, 0.25) is 0 Å². The van der Waals surface area contributed by atoms with Crippen molar-refractivity contribution >= 4 is 28.2 Å². The van der Waals surface area contributed by atoms with Crippen molar-refractivity contribution in [1.82, 2.24) is 19.8 Å². The molecule has 3 aromatic rings. The molecule has 1 unspecified atom stereocenters. The van der Waals surface area contributed by atoms with Crippen molar-refractivity contribution in [3.63, 3.8) is 0 Å². The van der Waals surface area contributed by atoms with Crippen LogP contribution in [0.15, 0.2) is 49.1 Å². The molecular formula is C35H43N7O2. The number of aryl methyl sites for hydroxylation is 1. The molecule has 230 valence electrons. The molecule has 9 heteroatoms. The van der Waals surface area contributed by atoms with Crippen LogP contribution in [0.4, 0.5) is 11.5 Å². The first kappa shape index (κ1) is 29.9. The SMILES string of the molecule is [C-]#[N+]C[C@H]1CN(c2nc(OC[C@H]3CCC(N(C)C)C3)nc3c2CCN(c2cccc4cccc(C)c24)C3)CCN1C(=O)C=C. The van der Waals surface area contributed by atoms with E-state index in [-0.39, 0.29) is 18.5 Å². The van der Waals surface area contributed by atoms with Crippen molar-refractivity contribution in [2.24, 2.45) is 5.92 Å². The van der Waals surface area contributed by atoms with Gasteiger partial charge in [-0.2, -0.15) is 9.97 Å². The number of rotatable bonds is 8. The smallest absolute Gasteiger partial charge is 0.318 e. The van der Waals surface area contributed by atoms with Gasteiger partial charge in [-0.25, -0.2) is 6.57 Å². The summed E-state index contributed by atoms with van der Waals surface area (Å²) in [5, 5.41) is 2.52. The van der Waals surface area contributed by atoms with Gasteiger partial charge < -0.3 is 29.2 Å². The average Bonchev–Trinajstić information content (AvgIpc) is 3.52. The molecular weight excluding hydrogens is 550 g/mol. The van der Waals surface area contributed by atoms with E-state index in [0.717, 1.165) is 42.9 Å². The monoisotopic (exact) mass is 593 g/mol. The zero-order chi connectivity index (χ0) is 30.8. The van der Waals surface area contributed by atoms with Crippen LogP contribution >= 0.6 is 0 Å². The summed E-state index contributed by atoms with van der Waals surface area (Å²) in [6, 6.07) is 13.8. The number of aromatic nitrogens is 2. The highest BCUT2D eigenvalue weighted by atomic mass is 16.5. The molecule has 3 atom stereocenters. The Morgan fingerprint density at radius 3 is 2.70 bits per heavy atom. The lowest BCUT2D eigenvalue weighted by Gasteiger charge is -2.41. The molecule has 0 radical (unpaired) electrons. The van der Waals surface area contributed by atoms with Crippen LogP contribution < -0.4 is 14.5 Å². The van der Waals surface area contributed by atoms with E-state index in [1.807, 2.05) is 0 Å². The number of piperazine rings is 1. The number of anilines is 2. The fourth-order valence-electron chi connectivity index (χ4n) is 7.27. The van der Waals surface area contributed by atoms with Crippen LogP contribution in [0.5, 0.6) is 6.01 Å². The second kappa shape index (κ2) is 12.8. The molecule has 3 heterocycles. The molecule has 1 aliphatic carbocycles. The molecule has 9 nitrogen and oxygen atoms in total. The fraction of sp³-hybridized carbons (Fsp3) is 0.486. The number of carbonyl (C=O) groups excluding carboxylic acids is 1. The van der Waals surface area contributed by atoms with E-state index in [2.05, 4.69) is 83.5 Å². The van der Waals surface area contributed by atoms with Gasteiger partial charge in [0.15, 0.2) is 0 Å². The summed E-state index contributed by atoms with van der Waals surface area (Å²) in [5.74, 6) is 1.25. The molecule has 3 aliphatic rings. The van der Waals surface area contributed by atoms with Crippen LogP contribution in [0.25, 0.3) is 15.6 Å². The van der Waals surface area contributed by atoms with E-state index in [4.69, 9.17) is 21.3 Å². The molecule has 2 fully saturated rings. The van der Waals surface area contributed by atoms with Gasteiger partial charge in [0.25, 0.3) is 0 Å². The Morgan fingerprint density at radius 2 is 1.95 bits per heavy atom. The first-order chi connectivity index (χ1) is 21.4. The summed E-state index contributed by atoms with van der Waals surface area (Å²) in [6.45, 7) is 17.5. The van der Waals surface area contributed by atoms with Gasteiger partial charge in [-0.05, 0) is 75.7 Å². The minimum absolute atomic E-state index is 0.124. The summed E-state index contributed by atoms with van der Waals surface area (Å²) in [6.07, 6.45) is 5.61. The van der Waals surface area contributed by atoms with Gasteiger partial charge in [0, 0.05) is 48.9 Å². The predicted molar refractivity (Wildman–Crippen MR) is 175 cm³/mol. The Morgan fingerprint density at radius 1 is 1.14 bits per heavy atom. The zero-order valence-electron chi connectivity index (χ0n) is 26.2. The highest BCUT2D eigenvalue weighted by molar-refractivity contribution is 5.97. The molecule has 1 saturated carbocycles. The largest absolute Gasteiger partial charge is 0.463 e. The van der Waals surface area contributed by atoms with Gasteiger partial charge in [-0.3, -0.25) is 4.79 Å². The molecule has 2 aromatic carbocycles. The van der Waals surface area contributed by atoms with Crippen molar-refractivity contribution in [3.8, 4) is 6.01 Å². The maximum Gasteiger partial charge on any atom is 0.318 e. The number of hydrogen-bond acceptors (Lipinski definition) is 7. The third-order valence-corrected chi connectivity index (χ3v) is 9.69. The maximum absolute atomic E-state index is 12.6. The van der Waals surface area contributed by atoms with Crippen LogP contribution in [0.1, 0.15) is 36.1 Å². The van der Waals surface area contributed by atoms with Crippen molar-refractivity contribution in [3.05, 3.63) is 77.3 Å². The highest BCUT2D eigenvalue weighted by Gasteiger charge is 2.35. The van der Waals surface area contributed by atoms with Gasteiger partial charge in [0.05, 0.1) is 18.8 Å². The maximum atomic E-state index is 12.6.